The number of hydrogen-bond acceptors (Lipinski definition) is 4. The molecule has 1 aromatic rings. The quantitative estimate of drug-likeness (QED) is 0.654. The molecule has 1 rings (SSSR count). The maximum Gasteiger partial charge on any atom is 0.0864 e. The van der Waals surface area contributed by atoms with Crippen LogP contribution in [0.25, 0.3) is 0 Å². The number of aliphatic hydroxyl groups is 2. The Morgan fingerprint density at radius 3 is 2.81 bits per heavy atom. The lowest BCUT2D eigenvalue weighted by Crippen LogP contribution is -2.15. The predicted octanol–water partition coefficient (Wildman–Crippen LogP) is 1.16. The third-order valence-corrected chi connectivity index (χ3v) is 3.49. The summed E-state index contributed by atoms with van der Waals surface area (Å²) in [6.45, 7) is 2.70. The molecule has 1 atom stereocenters. The van der Waals surface area contributed by atoms with Crippen LogP contribution in [0.2, 0.25) is 0 Å². The van der Waals surface area contributed by atoms with Gasteiger partial charge in [0.25, 0.3) is 0 Å². The number of hydrogen-bond donors (Lipinski definition) is 3. The topological polar surface area (TPSA) is 52.5 Å². The first kappa shape index (κ1) is 13.5. The summed E-state index contributed by atoms with van der Waals surface area (Å²) in [5.41, 5.74) is 2.47. The zero-order chi connectivity index (χ0) is 12.0. The van der Waals surface area contributed by atoms with Crippen molar-refractivity contribution in [2.75, 3.05) is 19.4 Å². The first-order valence-electron chi connectivity index (χ1n) is 5.33. The van der Waals surface area contributed by atoms with Gasteiger partial charge in [-0.3, -0.25) is 0 Å². The first-order chi connectivity index (χ1) is 7.67. The van der Waals surface area contributed by atoms with E-state index in [4.69, 9.17) is 5.11 Å². The van der Waals surface area contributed by atoms with E-state index in [1.54, 1.807) is 11.8 Å². The number of aliphatic hydroxyl groups excluding tert-OH is 2. The molecule has 0 saturated carbocycles. The number of aryl methyl sites for hydroxylation is 1. The number of thioether (sulfide) groups is 1. The summed E-state index contributed by atoms with van der Waals surface area (Å²) in [7, 11) is 1.92. The molecule has 0 fully saturated rings. The van der Waals surface area contributed by atoms with Gasteiger partial charge in [-0.1, -0.05) is 17.7 Å². The first-order valence-corrected chi connectivity index (χ1v) is 6.31. The molecule has 90 valence electrons. The second-order valence-corrected chi connectivity index (χ2v) is 4.85. The Morgan fingerprint density at radius 2 is 2.19 bits per heavy atom. The lowest BCUT2D eigenvalue weighted by molar-refractivity contribution is 0.113. The number of nitrogens with one attached hydrogen (secondary N) is 1. The Hall–Kier alpha value is -0.550. The van der Waals surface area contributed by atoms with Crippen LogP contribution in [0.5, 0.6) is 0 Å². The number of benzene rings is 1. The molecule has 0 heterocycles. The van der Waals surface area contributed by atoms with E-state index in [1.165, 1.54) is 11.1 Å². The Labute approximate surface area is 101 Å². The van der Waals surface area contributed by atoms with E-state index in [1.807, 2.05) is 7.05 Å². The molecular formula is C12H19NO2S. The fraction of sp³-hybridized carbons (Fsp3) is 0.500. The zero-order valence-electron chi connectivity index (χ0n) is 9.73. The highest BCUT2D eigenvalue weighted by Crippen LogP contribution is 2.24. The highest BCUT2D eigenvalue weighted by atomic mass is 32.2. The highest BCUT2D eigenvalue weighted by molar-refractivity contribution is 7.99. The molecule has 3 N–H and O–H groups in total. The van der Waals surface area contributed by atoms with Crippen LogP contribution in [-0.4, -0.2) is 35.7 Å². The summed E-state index contributed by atoms with van der Waals surface area (Å²) in [4.78, 5) is 1.16. The average Bonchev–Trinajstić information content (AvgIpc) is 2.28. The second kappa shape index (κ2) is 6.91. The van der Waals surface area contributed by atoms with Gasteiger partial charge in [0.2, 0.25) is 0 Å². The van der Waals surface area contributed by atoms with Crippen LogP contribution in [-0.2, 0) is 6.54 Å². The molecule has 0 amide bonds. The largest absolute Gasteiger partial charge is 0.394 e. The Bertz CT molecular complexity index is 331. The van der Waals surface area contributed by atoms with Crippen molar-refractivity contribution in [3.63, 3.8) is 0 Å². The zero-order valence-corrected chi connectivity index (χ0v) is 10.5. The van der Waals surface area contributed by atoms with Crippen LogP contribution < -0.4 is 5.32 Å². The molecule has 0 aliphatic carbocycles. The minimum Gasteiger partial charge on any atom is -0.394 e. The van der Waals surface area contributed by atoms with Crippen molar-refractivity contribution in [1.29, 1.82) is 0 Å². The van der Waals surface area contributed by atoms with Gasteiger partial charge in [-0.25, -0.2) is 0 Å². The molecule has 0 saturated heterocycles. The van der Waals surface area contributed by atoms with Gasteiger partial charge in [-0.2, -0.15) is 0 Å². The Balaban J connectivity index is 2.70. The summed E-state index contributed by atoms with van der Waals surface area (Å²) in [6.07, 6.45) is -0.645. The minimum absolute atomic E-state index is 0.180. The second-order valence-electron chi connectivity index (χ2n) is 3.79. The highest BCUT2D eigenvalue weighted by Gasteiger charge is 2.06. The minimum atomic E-state index is -0.645. The van der Waals surface area contributed by atoms with E-state index in [0.717, 1.165) is 11.4 Å². The molecule has 0 spiro atoms. The van der Waals surface area contributed by atoms with E-state index < -0.39 is 6.10 Å². The summed E-state index contributed by atoms with van der Waals surface area (Å²) in [5.74, 6) is 0.524. The van der Waals surface area contributed by atoms with Crippen molar-refractivity contribution >= 4 is 11.8 Å². The van der Waals surface area contributed by atoms with Crippen molar-refractivity contribution in [2.24, 2.45) is 0 Å². The van der Waals surface area contributed by atoms with Gasteiger partial charge in [-0.15, -0.1) is 11.8 Å². The van der Waals surface area contributed by atoms with Crippen molar-refractivity contribution in [1.82, 2.24) is 5.32 Å². The monoisotopic (exact) mass is 241 g/mol. The van der Waals surface area contributed by atoms with Crippen LogP contribution in [0.15, 0.2) is 23.1 Å². The molecule has 3 nitrogen and oxygen atoms in total. The summed E-state index contributed by atoms with van der Waals surface area (Å²) < 4.78 is 0. The SMILES string of the molecule is CNCc1cc(C)ccc1SCC(O)CO. The van der Waals surface area contributed by atoms with Gasteiger partial charge in [0.15, 0.2) is 0 Å². The fourth-order valence-corrected chi connectivity index (χ4v) is 2.37. The van der Waals surface area contributed by atoms with Gasteiger partial charge in [0.1, 0.15) is 0 Å². The van der Waals surface area contributed by atoms with Crippen LogP contribution in [0.4, 0.5) is 0 Å². The molecule has 1 unspecified atom stereocenters. The van der Waals surface area contributed by atoms with Crippen molar-refractivity contribution in [2.45, 2.75) is 24.5 Å². The summed E-state index contributed by atoms with van der Waals surface area (Å²) >= 11 is 1.58. The van der Waals surface area contributed by atoms with E-state index in [2.05, 4.69) is 30.4 Å². The van der Waals surface area contributed by atoms with E-state index >= 15 is 0 Å². The van der Waals surface area contributed by atoms with E-state index in [9.17, 15) is 5.11 Å². The lowest BCUT2D eigenvalue weighted by Gasteiger charge is -2.11. The van der Waals surface area contributed by atoms with Crippen LogP contribution in [0.3, 0.4) is 0 Å². The van der Waals surface area contributed by atoms with Gasteiger partial charge < -0.3 is 15.5 Å². The molecule has 1 aromatic carbocycles. The molecule has 0 aromatic heterocycles. The van der Waals surface area contributed by atoms with Crippen molar-refractivity contribution in [3.8, 4) is 0 Å². The van der Waals surface area contributed by atoms with Crippen LogP contribution in [0, 0.1) is 6.92 Å². The normalized spacial score (nSPS) is 12.8. The fourth-order valence-electron chi connectivity index (χ4n) is 1.42. The summed E-state index contributed by atoms with van der Waals surface area (Å²) in [5, 5.41) is 21.2. The van der Waals surface area contributed by atoms with Gasteiger partial charge in [0.05, 0.1) is 12.7 Å². The molecule has 0 bridgehead atoms. The van der Waals surface area contributed by atoms with E-state index in [0.29, 0.717) is 5.75 Å². The molecular weight excluding hydrogens is 222 g/mol. The molecule has 4 heteroatoms. The maximum absolute atomic E-state index is 9.31. The van der Waals surface area contributed by atoms with Crippen molar-refractivity contribution in [3.05, 3.63) is 29.3 Å². The van der Waals surface area contributed by atoms with Gasteiger partial charge >= 0.3 is 0 Å². The van der Waals surface area contributed by atoms with Crippen molar-refractivity contribution < 1.29 is 10.2 Å². The Kier molecular flexibility index (Phi) is 5.84. The standard InChI is InChI=1S/C12H19NO2S/c1-9-3-4-12(10(5-9)6-13-2)16-8-11(15)7-14/h3-5,11,13-15H,6-8H2,1-2H3. The maximum atomic E-state index is 9.31. The molecule has 0 aliphatic heterocycles. The van der Waals surface area contributed by atoms with Gasteiger partial charge in [0, 0.05) is 17.2 Å². The Morgan fingerprint density at radius 1 is 1.44 bits per heavy atom. The molecule has 16 heavy (non-hydrogen) atoms. The average molecular weight is 241 g/mol. The number of rotatable bonds is 6. The summed E-state index contributed by atoms with van der Waals surface area (Å²) in [6, 6.07) is 6.27. The van der Waals surface area contributed by atoms with Gasteiger partial charge in [-0.05, 0) is 25.6 Å². The predicted molar refractivity (Wildman–Crippen MR) is 67.8 cm³/mol. The molecule has 0 radical (unpaired) electrons. The van der Waals surface area contributed by atoms with E-state index in [-0.39, 0.29) is 6.61 Å². The smallest absolute Gasteiger partial charge is 0.0864 e. The van der Waals surface area contributed by atoms with Crippen LogP contribution in [0.1, 0.15) is 11.1 Å². The third-order valence-electron chi connectivity index (χ3n) is 2.23. The van der Waals surface area contributed by atoms with Crippen LogP contribution >= 0.6 is 11.8 Å². The molecule has 0 aliphatic rings. The lowest BCUT2D eigenvalue weighted by atomic mass is 10.1. The third kappa shape index (κ3) is 4.14.